The SMILES string of the molecule is COc1ccccc1CCCNC(=O)[C@@H](C)N(c1cc(C)cc(C)c1)S(C)(=O)=O. The molecule has 0 aliphatic heterocycles. The Balaban J connectivity index is 2.04. The van der Waals surface area contributed by atoms with Crippen LogP contribution in [0.15, 0.2) is 42.5 Å². The fourth-order valence-electron chi connectivity index (χ4n) is 3.43. The summed E-state index contributed by atoms with van der Waals surface area (Å²) in [6, 6.07) is 12.4. The van der Waals surface area contributed by atoms with Gasteiger partial charge in [-0.15, -0.1) is 0 Å². The number of carbonyl (C=O) groups is 1. The molecule has 1 atom stereocenters. The Morgan fingerprint density at radius 1 is 1.14 bits per heavy atom. The van der Waals surface area contributed by atoms with Gasteiger partial charge in [0.05, 0.1) is 19.1 Å². The Morgan fingerprint density at radius 2 is 1.76 bits per heavy atom. The number of nitrogens with one attached hydrogen (secondary N) is 1. The molecular formula is C22H30N2O4S. The van der Waals surface area contributed by atoms with Crippen LogP contribution in [0.25, 0.3) is 0 Å². The molecule has 0 spiro atoms. The number of benzene rings is 2. The summed E-state index contributed by atoms with van der Waals surface area (Å²) >= 11 is 0. The Kier molecular flexibility index (Phi) is 7.67. The molecule has 0 fully saturated rings. The van der Waals surface area contributed by atoms with Gasteiger partial charge in [0.1, 0.15) is 11.8 Å². The number of nitrogens with zero attached hydrogens (tertiary/aromatic N) is 1. The van der Waals surface area contributed by atoms with Crippen molar-refractivity contribution >= 4 is 21.6 Å². The van der Waals surface area contributed by atoms with Crippen LogP contribution >= 0.6 is 0 Å². The van der Waals surface area contributed by atoms with E-state index in [2.05, 4.69) is 5.32 Å². The normalized spacial score (nSPS) is 12.3. The second kappa shape index (κ2) is 9.78. The highest BCUT2D eigenvalue weighted by molar-refractivity contribution is 7.92. The lowest BCUT2D eigenvalue weighted by molar-refractivity contribution is -0.121. The molecule has 1 amide bonds. The minimum absolute atomic E-state index is 0.324. The first-order valence-electron chi connectivity index (χ1n) is 9.60. The van der Waals surface area contributed by atoms with Crippen LogP contribution in [0.5, 0.6) is 5.75 Å². The van der Waals surface area contributed by atoms with Crippen molar-refractivity contribution in [2.24, 2.45) is 0 Å². The lowest BCUT2D eigenvalue weighted by Gasteiger charge is -2.28. The summed E-state index contributed by atoms with van der Waals surface area (Å²) in [6.45, 7) is 5.86. The number of amides is 1. The average molecular weight is 419 g/mol. The number of hydrogen-bond donors (Lipinski definition) is 1. The quantitative estimate of drug-likeness (QED) is 0.635. The number of anilines is 1. The van der Waals surface area contributed by atoms with Crippen molar-refractivity contribution < 1.29 is 17.9 Å². The van der Waals surface area contributed by atoms with Gasteiger partial charge in [0.2, 0.25) is 15.9 Å². The third-order valence-corrected chi connectivity index (χ3v) is 5.91. The molecular weight excluding hydrogens is 388 g/mol. The maximum absolute atomic E-state index is 12.7. The van der Waals surface area contributed by atoms with Crippen LogP contribution in [0.3, 0.4) is 0 Å². The molecule has 1 N–H and O–H groups in total. The average Bonchev–Trinajstić information content (AvgIpc) is 2.63. The first-order valence-corrected chi connectivity index (χ1v) is 11.5. The molecule has 0 saturated carbocycles. The molecule has 0 aromatic heterocycles. The highest BCUT2D eigenvalue weighted by Gasteiger charge is 2.29. The molecule has 0 aliphatic carbocycles. The zero-order valence-corrected chi connectivity index (χ0v) is 18.5. The second-order valence-electron chi connectivity index (χ2n) is 7.29. The van der Waals surface area contributed by atoms with Gasteiger partial charge >= 0.3 is 0 Å². The van der Waals surface area contributed by atoms with Gasteiger partial charge in [-0.3, -0.25) is 9.10 Å². The first-order chi connectivity index (χ1) is 13.6. The Labute approximate surface area is 173 Å². The number of ether oxygens (including phenoxy) is 1. The van der Waals surface area contributed by atoms with Crippen molar-refractivity contribution in [1.82, 2.24) is 5.32 Å². The van der Waals surface area contributed by atoms with Crippen molar-refractivity contribution in [2.45, 2.75) is 39.7 Å². The molecule has 0 unspecified atom stereocenters. The van der Waals surface area contributed by atoms with E-state index < -0.39 is 16.1 Å². The lowest BCUT2D eigenvalue weighted by atomic mass is 10.1. The molecule has 2 rings (SSSR count). The van der Waals surface area contributed by atoms with Crippen molar-refractivity contribution in [3.05, 3.63) is 59.2 Å². The van der Waals surface area contributed by atoms with Crippen LogP contribution in [0.4, 0.5) is 5.69 Å². The minimum atomic E-state index is -3.62. The molecule has 2 aromatic carbocycles. The van der Waals surface area contributed by atoms with Crippen molar-refractivity contribution in [3.63, 3.8) is 0 Å². The maximum Gasteiger partial charge on any atom is 0.243 e. The van der Waals surface area contributed by atoms with Crippen LogP contribution in [-0.4, -0.2) is 40.3 Å². The van der Waals surface area contributed by atoms with Gasteiger partial charge in [0.25, 0.3) is 0 Å². The fourth-order valence-corrected chi connectivity index (χ4v) is 4.59. The molecule has 0 bridgehead atoms. The minimum Gasteiger partial charge on any atom is -0.496 e. The lowest BCUT2D eigenvalue weighted by Crippen LogP contribution is -2.48. The van der Waals surface area contributed by atoms with Crippen LogP contribution in [0.1, 0.15) is 30.0 Å². The largest absolute Gasteiger partial charge is 0.496 e. The van der Waals surface area contributed by atoms with Gasteiger partial charge in [0, 0.05) is 6.54 Å². The van der Waals surface area contributed by atoms with Crippen molar-refractivity contribution in [3.8, 4) is 5.75 Å². The molecule has 7 heteroatoms. The smallest absolute Gasteiger partial charge is 0.243 e. The van der Waals surface area contributed by atoms with Crippen LogP contribution in [0, 0.1) is 13.8 Å². The fraction of sp³-hybridized carbons (Fsp3) is 0.409. The highest BCUT2D eigenvalue weighted by Crippen LogP contribution is 2.24. The summed E-state index contributed by atoms with van der Waals surface area (Å²) in [4.78, 5) is 12.7. The zero-order valence-electron chi connectivity index (χ0n) is 17.7. The predicted octanol–water partition coefficient (Wildman–Crippen LogP) is 3.22. The summed E-state index contributed by atoms with van der Waals surface area (Å²) in [7, 11) is -1.99. The molecule has 0 saturated heterocycles. The van der Waals surface area contributed by atoms with E-state index in [0.717, 1.165) is 41.5 Å². The van der Waals surface area contributed by atoms with Gasteiger partial charge in [-0.05, 0) is 68.5 Å². The standard InChI is InChI=1S/C22H30N2O4S/c1-16-13-17(2)15-20(14-16)24(29(5,26)27)18(3)22(25)23-12-8-10-19-9-6-7-11-21(19)28-4/h6-7,9,11,13-15,18H,8,10,12H2,1-5H3,(H,23,25)/t18-/m1/s1. The van der Waals surface area contributed by atoms with Gasteiger partial charge < -0.3 is 10.1 Å². The van der Waals surface area contributed by atoms with E-state index in [9.17, 15) is 13.2 Å². The number of hydrogen-bond acceptors (Lipinski definition) is 4. The molecule has 0 radical (unpaired) electrons. The summed E-state index contributed by atoms with van der Waals surface area (Å²) in [5.41, 5.74) is 3.46. The van der Waals surface area contributed by atoms with Gasteiger partial charge in [-0.1, -0.05) is 24.3 Å². The Bertz CT molecular complexity index is 937. The number of methoxy groups -OCH3 is 1. The maximum atomic E-state index is 12.7. The van der Waals surface area contributed by atoms with E-state index in [-0.39, 0.29) is 5.91 Å². The molecule has 0 aliphatic rings. The molecule has 0 heterocycles. The van der Waals surface area contributed by atoms with E-state index in [0.29, 0.717) is 12.2 Å². The monoisotopic (exact) mass is 418 g/mol. The van der Waals surface area contributed by atoms with Crippen LogP contribution < -0.4 is 14.4 Å². The Hall–Kier alpha value is -2.54. The predicted molar refractivity (Wildman–Crippen MR) is 117 cm³/mol. The van der Waals surface area contributed by atoms with Crippen LogP contribution in [-0.2, 0) is 21.2 Å². The van der Waals surface area contributed by atoms with Crippen LogP contribution in [0.2, 0.25) is 0 Å². The second-order valence-corrected chi connectivity index (χ2v) is 9.15. The summed E-state index contributed by atoms with van der Waals surface area (Å²) in [6.07, 6.45) is 2.60. The number of carbonyl (C=O) groups excluding carboxylic acids is 1. The third-order valence-electron chi connectivity index (χ3n) is 4.66. The molecule has 29 heavy (non-hydrogen) atoms. The zero-order chi connectivity index (χ0) is 21.6. The summed E-state index contributed by atoms with van der Waals surface area (Å²) in [5.74, 6) is 0.500. The molecule has 2 aromatic rings. The van der Waals surface area contributed by atoms with Gasteiger partial charge in [0.15, 0.2) is 0 Å². The van der Waals surface area contributed by atoms with Gasteiger partial charge in [-0.25, -0.2) is 8.42 Å². The van der Waals surface area contributed by atoms with E-state index in [1.54, 1.807) is 26.2 Å². The van der Waals surface area contributed by atoms with E-state index >= 15 is 0 Å². The van der Waals surface area contributed by atoms with E-state index in [1.165, 1.54) is 4.31 Å². The topological polar surface area (TPSA) is 75.7 Å². The number of aryl methyl sites for hydroxylation is 3. The number of sulfonamides is 1. The number of para-hydroxylation sites is 1. The van der Waals surface area contributed by atoms with Crippen molar-refractivity contribution in [2.75, 3.05) is 24.2 Å². The third kappa shape index (κ3) is 6.22. The summed E-state index contributed by atoms with van der Waals surface area (Å²) < 4.78 is 31.4. The number of rotatable bonds is 9. The Morgan fingerprint density at radius 3 is 2.34 bits per heavy atom. The van der Waals surface area contributed by atoms with Crippen molar-refractivity contribution in [1.29, 1.82) is 0 Å². The molecule has 158 valence electrons. The van der Waals surface area contributed by atoms with E-state index in [1.807, 2.05) is 44.2 Å². The highest BCUT2D eigenvalue weighted by atomic mass is 32.2. The first kappa shape index (κ1) is 22.7. The van der Waals surface area contributed by atoms with Gasteiger partial charge in [-0.2, -0.15) is 0 Å². The van der Waals surface area contributed by atoms with E-state index in [4.69, 9.17) is 4.74 Å². The summed E-state index contributed by atoms with van der Waals surface area (Å²) in [5, 5.41) is 2.86. The molecule has 6 nitrogen and oxygen atoms in total.